The highest BCUT2D eigenvalue weighted by molar-refractivity contribution is 6.09. The maximum atomic E-state index is 13.9. The molecule has 0 radical (unpaired) electrons. The molecule has 1 atom stereocenters. The van der Waals surface area contributed by atoms with Crippen LogP contribution in [0.1, 0.15) is 59.8 Å². The molecule has 1 heterocycles. The first kappa shape index (κ1) is 23.5. The molecule has 0 saturated heterocycles. The Bertz CT molecular complexity index is 1110. The summed E-state index contributed by atoms with van der Waals surface area (Å²) >= 11 is 0. The molecule has 6 nitrogen and oxygen atoms in total. The van der Waals surface area contributed by atoms with Crippen molar-refractivity contribution >= 4 is 17.5 Å². The van der Waals surface area contributed by atoms with Gasteiger partial charge in [0.15, 0.2) is 0 Å². The Kier molecular flexibility index (Phi) is 7.58. The summed E-state index contributed by atoms with van der Waals surface area (Å²) in [6.07, 6.45) is 6.92. The van der Waals surface area contributed by atoms with Crippen LogP contribution in [0.15, 0.2) is 72.9 Å². The molecule has 0 bridgehead atoms. The zero-order chi connectivity index (χ0) is 23.9. The van der Waals surface area contributed by atoms with Crippen LogP contribution >= 0.6 is 0 Å². The molecular formula is C28H31N3O3. The topological polar surface area (TPSA) is 71.5 Å². The fourth-order valence-corrected chi connectivity index (χ4v) is 4.56. The van der Waals surface area contributed by atoms with Crippen LogP contribution in [0.4, 0.5) is 5.69 Å². The van der Waals surface area contributed by atoms with Crippen molar-refractivity contribution in [3.63, 3.8) is 0 Å². The van der Waals surface area contributed by atoms with E-state index in [-0.39, 0.29) is 23.6 Å². The van der Waals surface area contributed by atoms with E-state index in [0.29, 0.717) is 11.4 Å². The first-order valence-electron chi connectivity index (χ1n) is 11.8. The molecule has 3 aromatic rings. The molecule has 2 aromatic carbocycles. The van der Waals surface area contributed by atoms with E-state index in [1.165, 1.54) is 6.42 Å². The molecular weight excluding hydrogens is 426 g/mol. The number of aromatic nitrogens is 1. The van der Waals surface area contributed by atoms with E-state index in [0.717, 1.165) is 36.8 Å². The zero-order valence-electron chi connectivity index (χ0n) is 19.7. The van der Waals surface area contributed by atoms with Gasteiger partial charge >= 0.3 is 0 Å². The highest BCUT2D eigenvalue weighted by Gasteiger charge is 2.35. The van der Waals surface area contributed by atoms with Crippen LogP contribution < -0.4 is 15.0 Å². The molecule has 1 aliphatic carbocycles. The van der Waals surface area contributed by atoms with Crippen molar-refractivity contribution in [3.8, 4) is 5.75 Å². The highest BCUT2D eigenvalue weighted by Crippen LogP contribution is 2.33. The lowest BCUT2D eigenvalue weighted by Gasteiger charge is -2.34. The van der Waals surface area contributed by atoms with Gasteiger partial charge in [-0.2, -0.15) is 0 Å². The van der Waals surface area contributed by atoms with Gasteiger partial charge in [0.25, 0.3) is 5.91 Å². The fraction of sp³-hybridized carbons (Fsp3) is 0.321. The Balaban J connectivity index is 1.81. The smallest absolute Gasteiger partial charge is 0.277 e. The molecule has 2 amide bonds. The third kappa shape index (κ3) is 5.28. The third-order valence-electron chi connectivity index (χ3n) is 6.39. The summed E-state index contributed by atoms with van der Waals surface area (Å²) in [6, 6.07) is 19.4. The Morgan fingerprint density at radius 3 is 2.32 bits per heavy atom. The lowest BCUT2D eigenvalue weighted by molar-refractivity contribution is -0.123. The largest absolute Gasteiger partial charge is 0.497 e. The van der Waals surface area contributed by atoms with Gasteiger partial charge in [-0.15, -0.1) is 0 Å². The summed E-state index contributed by atoms with van der Waals surface area (Å²) in [6.45, 7) is 1.97. The number of hydrogen-bond acceptors (Lipinski definition) is 4. The fourth-order valence-electron chi connectivity index (χ4n) is 4.56. The summed E-state index contributed by atoms with van der Waals surface area (Å²) in [7, 11) is 1.60. The molecule has 1 unspecified atom stereocenters. The van der Waals surface area contributed by atoms with Gasteiger partial charge in [0, 0.05) is 17.9 Å². The van der Waals surface area contributed by atoms with Crippen molar-refractivity contribution < 1.29 is 14.3 Å². The Hall–Kier alpha value is -3.67. The van der Waals surface area contributed by atoms with Crippen LogP contribution in [0.2, 0.25) is 0 Å². The van der Waals surface area contributed by atoms with Gasteiger partial charge in [0.2, 0.25) is 5.91 Å². The van der Waals surface area contributed by atoms with Crippen LogP contribution in [0.5, 0.6) is 5.75 Å². The predicted octanol–water partition coefficient (Wildman–Crippen LogP) is 5.24. The van der Waals surface area contributed by atoms with E-state index in [2.05, 4.69) is 10.3 Å². The van der Waals surface area contributed by atoms with Crippen LogP contribution in [0.25, 0.3) is 0 Å². The minimum atomic E-state index is -0.842. The summed E-state index contributed by atoms with van der Waals surface area (Å²) < 4.78 is 5.31. The lowest BCUT2D eigenvalue weighted by Crippen LogP contribution is -2.47. The summed E-state index contributed by atoms with van der Waals surface area (Å²) in [5, 5.41) is 3.25. The van der Waals surface area contributed by atoms with E-state index in [1.54, 1.807) is 60.7 Å². The lowest BCUT2D eigenvalue weighted by atomic mass is 9.93. The molecule has 1 aromatic heterocycles. The second-order valence-electron chi connectivity index (χ2n) is 8.69. The quantitative estimate of drug-likeness (QED) is 0.527. The Morgan fingerprint density at radius 1 is 0.971 bits per heavy atom. The summed E-state index contributed by atoms with van der Waals surface area (Å²) in [5.41, 5.74) is 2.61. The molecule has 0 spiro atoms. The van der Waals surface area contributed by atoms with E-state index >= 15 is 0 Å². The number of ether oxygens (including phenoxy) is 1. The number of hydrogen-bond donors (Lipinski definition) is 1. The van der Waals surface area contributed by atoms with Crippen LogP contribution in [-0.2, 0) is 4.79 Å². The van der Waals surface area contributed by atoms with Crippen molar-refractivity contribution in [2.24, 2.45) is 0 Å². The van der Waals surface area contributed by atoms with E-state index in [4.69, 9.17) is 4.74 Å². The average Bonchev–Trinajstić information content (AvgIpc) is 2.88. The first-order chi connectivity index (χ1) is 16.6. The molecule has 1 saturated carbocycles. The molecule has 176 valence electrons. The maximum Gasteiger partial charge on any atom is 0.277 e. The van der Waals surface area contributed by atoms with Crippen molar-refractivity contribution in [2.75, 3.05) is 12.0 Å². The zero-order valence-corrected chi connectivity index (χ0v) is 19.7. The van der Waals surface area contributed by atoms with Crippen LogP contribution in [0.3, 0.4) is 0 Å². The number of amides is 2. The molecule has 0 aliphatic heterocycles. The van der Waals surface area contributed by atoms with Gasteiger partial charge in [0.05, 0.1) is 7.11 Å². The average molecular weight is 458 g/mol. The van der Waals surface area contributed by atoms with E-state index < -0.39 is 6.04 Å². The number of pyridine rings is 1. The normalized spacial score (nSPS) is 14.8. The van der Waals surface area contributed by atoms with Gasteiger partial charge in [-0.3, -0.25) is 19.5 Å². The number of aryl methyl sites for hydroxylation is 1. The number of methoxy groups -OCH3 is 1. The highest BCUT2D eigenvalue weighted by atomic mass is 16.5. The number of nitrogens with zero attached hydrogens (tertiary/aromatic N) is 2. The Labute approximate surface area is 201 Å². The first-order valence-corrected chi connectivity index (χ1v) is 11.8. The van der Waals surface area contributed by atoms with Gasteiger partial charge in [-0.25, -0.2) is 0 Å². The monoisotopic (exact) mass is 457 g/mol. The number of rotatable bonds is 7. The van der Waals surface area contributed by atoms with Gasteiger partial charge in [-0.05, 0) is 67.3 Å². The third-order valence-corrected chi connectivity index (χ3v) is 6.39. The number of anilines is 1. The van der Waals surface area contributed by atoms with Crippen molar-refractivity contribution in [2.45, 2.75) is 51.1 Å². The second-order valence-corrected chi connectivity index (χ2v) is 8.69. The molecule has 1 N–H and O–H groups in total. The molecule has 1 aliphatic rings. The maximum absolute atomic E-state index is 13.9. The molecule has 1 fully saturated rings. The van der Waals surface area contributed by atoms with Gasteiger partial charge in [0.1, 0.15) is 17.5 Å². The number of benzene rings is 2. The number of carbonyl (C=O) groups is 2. The van der Waals surface area contributed by atoms with Crippen molar-refractivity contribution in [1.82, 2.24) is 10.3 Å². The minimum absolute atomic E-state index is 0.121. The predicted molar refractivity (Wildman–Crippen MR) is 133 cm³/mol. The Morgan fingerprint density at radius 2 is 1.68 bits per heavy atom. The van der Waals surface area contributed by atoms with Crippen LogP contribution in [0, 0.1) is 6.92 Å². The van der Waals surface area contributed by atoms with E-state index in [9.17, 15) is 9.59 Å². The van der Waals surface area contributed by atoms with Crippen LogP contribution in [-0.4, -0.2) is 29.9 Å². The number of nitrogens with one attached hydrogen (secondary N) is 1. The van der Waals surface area contributed by atoms with Crippen molar-refractivity contribution in [1.29, 1.82) is 0 Å². The summed E-state index contributed by atoms with van der Waals surface area (Å²) in [4.78, 5) is 33.6. The SMILES string of the molecule is COc1ccc(N(C(=O)c2ccccn2)C(C(=O)NC2CCCCC2)c2ccccc2C)cc1. The van der Waals surface area contributed by atoms with E-state index in [1.807, 2.05) is 31.2 Å². The molecule has 4 rings (SSSR count). The molecule has 6 heteroatoms. The van der Waals surface area contributed by atoms with Crippen molar-refractivity contribution in [3.05, 3.63) is 89.7 Å². The summed E-state index contributed by atoms with van der Waals surface area (Å²) in [5.74, 6) is 0.159. The molecule has 34 heavy (non-hydrogen) atoms. The van der Waals surface area contributed by atoms with Gasteiger partial charge < -0.3 is 10.1 Å². The van der Waals surface area contributed by atoms with Gasteiger partial charge in [-0.1, -0.05) is 49.6 Å². The number of carbonyl (C=O) groups excluding carboxylic acids is 2. The minimum Gasteiger partial charge on any atom is -0.497 e. The standard InChI is InChI=1S/C28H31N3O3/c1-20-10-6-7-13-24(20)26(27(32)30-21-11-4-3-5-12-21)31(22-15-17-23(34-2)18-16-22)28(33)25-14-8-9-19-29-25/h6-10,13-19,21,26H,3-5,11-12H2,1-2H3,(H,30,32). The second kappa shape index (κ2) is 11.0.